The molecule has 1 amide bonds. The van der Waals surface area contributed by atoms with Crippen LogP contribution in [0.25, 0.3) is 0 Å². The molecular formula is C12H22N2O3S. The maximum absolute atomic E-state index is 11.7. The molecule has 0 bridgehead atoms. The molecule has 0 radical (unpaired) electrons. The SMILES string of the molecule is CCOC(=O)C(C)CNC(=O)CC1CSCCN1. The summed E-state index contributed by atoms with van der Waals surface area (Å²) in [5, 5.41) is 6.09. The highest BCUT2D eigenvalue weighted by atomic mass is 32.2. The molecule has 104 valence electrons. The van der Waals surface area contributed by atoms with E-state index in [2.05, 4.69) is 10.6 Å². The number of thioether (sulfide) groups is 1. The van der Waals surface area contributed by atoms with Crippen LogP contribution in [0.3, 0.4) is 0 Å². The molecule has 1 aliphatic rings. The molecule has 1 aliphatic heterocycles. The third-order valence-electron chi connectivity index (χ3n) is 2.72. The van der Waals surface area contributed by atoms with Crippen LogP contribution in [0.5, 0.6) is 0 Å². The number of nitrogens with one attached hydrogen (secondary N) is 2. The van der Waals surface area contributed by atoms with Gasteiger partial charge in [-0.15, -0.1) is 0 Å². The van der Waals surface area contributed by atoms with Crippen LogP contribution in [-0.2, 0) is 14.3 Å². The summed E-state index contributed by atoms with van der Waals surface area (Å²) in [6, 6.07) is 0.252. The number of hydrogen-bond acceptors (Lipinski definition) is 5. The highest BCUT2D eigenvalue weighted by molar-refractivity contribution is 7.99. The maximum atomic E-state index is 11.7. The van der Waals surface area contributed by atoms with Crippen molar-refractivity contribution in [2.75, 3.05) is 31.2 Å². The van der Waals surface area contributed by atoms with E-state index in [0.29, 0.717) is 19.6 Å². The van der Waals surface area contributed by atoms with Crippen molar-refractivity contribution in [1.29, 1.82) is 0 Å². The first-order chi connectivity index (χ1) is 8.63. The van der Waals surface area contributed by atoms with Gasteiger partial charge in [0.25, 0.3) is 0 Å². The smallest absolute Gasteiger partial charge is 0.310 e. The largest absolute Gasteiger partial charge is 0.466 e. The second-order valence-corrected chi connectivity index (χ2v) is 5.54. The Morgan fingerprint density at radius 3 is 2.94 bits per heavy atom. The zero-order valence-corrected chi connectivity index (χ0v) is 11.8. The zero-order chi connectivity index (χ0) is 13.4. The molecule has 0 spiro atoms. The predicted molar refractivity (Wildman–Crippen MR) is 72.5 cm³/mol. The number of ether oxygens (including phenoxy) is 1. The highest BCUT2D eigenvalue weighted by Crippen LogP contribution is 2.10. The Bertz CT molecular complexity index is 280. The fraction of sp³-hybridized carbons (Fsp3) is 0.833. The lowest BCUT2D eigenvalue weighted by Crippen LogP contribution is -2.42. The first kappa shape index (κ1) is 15.3. The molecule has 1 saturated heterocycles. The van der Waals surface area contributed by atoms with Gasteiger partial charge in [0.1, 0.15) is 0 Å². The Labute approximate surface area is 112 Å². The quantitative estimate of drug-likeness (QED) is 0.686. The van der Waals surface area contributed by atoms with Gasteiger partial charge in [0, 0.05) is 37.1 Å². The monoisotopic (exact) mass is 274 g/mol. The van der Waals surface area contributed by atoms with Gasteiger partial charge < -0.3 is 15.4 Å². The molecule has 6 heteroatoms. The summed E-state index contributed by atoms with van der Waals surface area (Å²) in [5.41, 5.74) is 0. The molecular weight excluding hydrogens is 252 g/mol. The Hall–Kier alpha value is -0.750. The maximum Gasteiger partial charge on any atom is 0.310 e. The summed E-state index contributed by atoms with van der Waals surface area (Å²) >= 11 is 1.86. The first-order valence-corrected chi connectivity index (χ1v) is 7.53. The molecule has 0 aromatic heterocycles. The van der Waals surface area contributed by atoms with E-state index in [1.54, 1.807) is 13.8 Å². The van der Waals surface area contributed by atoms with Crippen LogP contribution in [0.4, 0.5) is 0 Å². The summed E-state index contributed by atoms with van der Waals surface area (Å²) in [7, 11) is 0. The summed E-state index contributed by atoms with van der Waals surface area (Å²) in [6.45, 7) is 5.21. The molecule has 2 atom stereocenters. The Balaban J connectivity index is 2.17. The molecule has 0 aromatic carbocycles. The number of esters is 1. The van der Waals surface area contributed by atoms with Crippen molar-refractivity contribution in [2.24, 2.45) is 5.92 Å². The van der Waals surface area contributed by atoms with Crippen molar-refractivity contribution in [3.8, 4) is 0 Å². The van der Waals surface area contributed by atoms with Gasteiger partial charge in [0.2, 0.25) is 5.91 Å². The second kappa shape index (κ2) is 8.37. The second-order valence-electron chi connectivity index (χ2n) is 4.39. The molecule has 1 heterocycles. The van der Waals surface area contributed by atoms with Crippen molar-refractivity contribution in [3.05, 3.63) is 0 Å². The van der Waals surface area contributed by atoms with Crippen LogP contribution in [0.15, 0.2) is 0 Å². The minimum Gasteiger partial charge on any atom is -0.466 e. The molecule has 2 unspecified atom stereocenters. The Morgan fingerprint density at radius 2 is 2.33 bits per heavy atom. The van der Waals surface area contributed by atoms with E-state index in [1.807, 2.05) is 11.8 Å². The summed E-state index contributed by atoms with van der Waals surface area (Å²) in [5.74, 6) is 1.52. The average molecular weight is 274 g/mol. The molecule has 2 N–H and O–H groups in total. The van der Waals surface area contributed by atoms with Gasteiger partial charge in [-0.1, -0.05) is 6.92 Å². The molecule has 18 heavy (non-hydrogen) atoms. The minimum atomic E-state index is -0.289. The van der Waals surface area contributed by atoms with E-state index < -0.39 is 0 Å². The van der Waals surface area contributed by atoms with Crippen molar-refractivity contribution < 1.29 is 14.3 Å². The summed E-state index contributed by atoms with van der Waals surface area (Å²) in [6.07, 6.45) is 0.475. The third-order valence-corrected chi connectivity index (χ3v) is 3.86. The van der Waals surface area contributed by atoms with Crippen molar-refractivity contribution in [3.63, 3.8) is 0 Å². The number of carbonyl (C=O) groups is 2. The van der Waals surface area contributed by atoms with Gasteiger partial charge in [-0.25, -0.2) is 0 Å². The number of amides is 1. The lowest BCUT2D eigenvalue weighted by molar-refractivity contribution is -0.147. The van der Waals surface area contributed by atoms with Crippen LogP contribution >= 0.6 is 11.8 Å². The number of rotatable bonds is 6. The van der Waals surface area contributed by atoms with Crippen molar-refractivity contribution in [1.82, 2.24) is 10.6 Å². The van der Waals surface area contributed by atoms with Crippen LogP contribution in [0.2, 0.25) is 0 Å². The van der Waals surface area contributed by atoms with Crippen LogP contribution < -0.4 is 10.6 Å². The van der Waals surface area contributed by atoms with E-state index in [-0.39, 0.29) is 23.8 Å². The molecule has 0 aromatic rings. The fourth-order valence-corrected chi connectivity index (χ4v) is 2.63. The standard InChI is InChI=1S/C12H22N2O3S/c1-3-17-12(16)9(2)7-14-11(15)6-10-8-18-5-4-13-10/h9-10,13H,3-8H2,1-2H3,(H,14,15). The topological polar surface area (TPSA) is 67.4 Å². The van der Waals surface area contributed by atoms with Gasteiger partial charge >= 0.3 is 5.97 Å². The summed E-state index contributed by atoms with van der Waals surface area (Å²) < 4.78 is 4.88. The minimum absolute atomic E-state index is 0.00820. The number of carbonyl (C=O) groups excluding carboxylic acids is 2. The molecule has 5 nitrogen and oxygen atoms in total. The molecule has 0 aliphatic carbocycles. The third kappa shape index (κ3) is 5.73. The van der Waals surface area contributed by atoms with Crippen LogP contribution in [-0.4, -0.2) is 49.1 Å². The normalized spacial score (nSPS) is 21.1. The van der Waals surface area contributed by atoms with E-state index >= 15 is 0 Å². The van der Waals surface area contributed by atoms with Gasteiger partial charge in [-0.05, 0) is 6.92 Å². The van der Waals surface area contributed by atoms with E-state index in [9.17, 15) is 9.59 Å². The molecule has 0 saturated carbocycles. The van der Waals surface area contributed by atoms with E-state index in [0.717, 1.165) is 18.1 Å². The molecule has 1 rings (SSSR count). The van der Waals surface area contributed by atoms with Gasteiger partial charge in [0.05, 0.1) is 12.5 Å². The Kier molecular flexibility index (Phi) is 7.12. The van der Waals surface area contributed by atoms with E-state index in [1.165, 1.54) is 0 Å². The van der Waals surface area contributed by atoms with Crippen molar-refractivity contribution >= 4 is 23.6 Å². The number of hydrogen-bond donors (Lipinski definition) is 2. The van der Waals surface area contributed by atoms with E-state index in [4.69, 9.17) is 4.74 Å². The first-order valence-electron chi connectivity index (χ1n) is 6.38. The lowest BCUT2D eigenvalue weighted by Gasteiger charge is -2.22. The van der Waals surface area contributed by atoms with Crippen LogP contribution in [0.1, 0.15) is 20.3 Å². The average Bonchev–Trinajstić information content (AvgIpc) is 2.37. The Morgan fingerprint density at radius 1 is 1.56 bits per heavy atom. The van der Waals surface area contributed by atoms with Gasteiger partial charge in [-0.2, -0.15) is 11.8 Å². The molecule has 1 fully saturated rings. The van der Waals surface area contributed by atoms with Crippen LogP contribution in [0, 0.1) is 5.92 Å². The van der Waals surface area contributed by atoms with Gasteiger partial charge in [-0.3, -0.25) is 9.59 Å². The summed E-state index contributed by atoms with van der Waals surface area (Å²) in [4.78, 5) is 23.0. The lowest BCUT2D eigenvalue weighted by atomic mass is 10.1. The van der Waals surface area contributed by atoms with Crippen molar-refractivity contribution in [2.45, 2.75) is 26.3 Å². The zero-order valence-electron chi connectivity index (χ0n) is 11.0. The highest BCUT2D eigenvalue weighted by Gasteiger charge is 2.18. The van der Waals surface area contributed by atoms with Gasteiger partial charge in [0.15, 0.2) is 0 Å². The predicted octanol–water partition coefficient (Wildman–Crippen LogP) is 0.397. The fourth-order valence-electron chi connectivity index (χ4n) is 1.68.